The van der Waals surface area contributed by atoms with Gasteiger partial charge in [-0.25, -0.2) is 0 Å². The molecule has 1 aliphatic rings. The molecule has 0 saturated carbocycles. The molecule has 1 aromatic heterocycles. The minimum Gasteiger partial charge on any atom is -0.368 e. The third kappa shape index (κ3) is 4.44. The molecule has 0 bridgehead atoms. The van der Waals surface area contributed by atoms with Crippen LogP contribution < -0.4 is 15.5 Å². The molecule has 2 N–H and O–H groups in total. The third-order valence-electron chi connectivity index (χ3n) is 4.79. The zero-order valence-corrected chi connectivity index (χ0v) is 16.4. The lowest BCUT2D eigenvalue weighted by Gasteiger charge is -2.37. The molecule has 1 saturated heterocycles. The third-order valence-corrected chi connectivity index (χ3v) is 5.07. The summed E-state index contributed by atoms with van der Waals surface area (Å²) in [4.78, 5) is 4.55. The summed E-state index contributed by atoms with van der Waals surface area (Å²) in [6.07, 6.45) is 1.72. The Labute approximate surface area is 160 Å². The van der Waals surface area contributed by atoms with E-state index < -0.39 is 0 Å². The normalized spacial score (nSPS) is 18.1. The second-order valence-corrected chi connectivity index (χ2v) is 7.32. The maximum Gasteiger partial charge on any atom is 0.175 e. The van der Waals surface area contributed by atoms with Gasteiger partial charge in [0.1, 0.15) is 5.69 Å². The van der Waals surface area contributed by atoms with E-state index in [9.17, 15) is 0 Å². The minimum atomic E-state index is 0.121. The maximum atomic E-state index is 6.44. The lowest BCUT2D eigenvalue weighted by molar-refractivity contribution is 0.171. The Morgan fingerprint density at radius 2 is 2.12 bits per heavy atom. The lowest BCUT2D eigenvalue weighted by Crippen LogP contribution is -2.54. The van der Waals surface area contributed by atoms with Crippen molar-refractivity contribution >= 4 is 23.1 Å². The van der Waals surface area contributed by atoms with E-state index in [0.717, 1.165) is 37.7 Å². The summed E-state index contributed by atoms with van der Waals surface area (Å²) in [6.45, 7) is 7.94. The van der Waals surface area contributed by atoms with E-state index in [1.54, 1.807) is 6.20 Å². The van der Waals surface area contributed by atoms with Crippen LogP contribution in [0, 0.1) is 0 Å². The molecule has 6 nitrogen and oxygen atoms in total. The number of nitrogens with zero attached hydrogens (tertiary/aromatic N) is 4. The minimum absolute atomic E-state index is 0.121. The molecule has 0 radical (unpaired) electrons. The molecule has 2 heterocycles. The van der Waals surface area contributed by atoms with Crippen molar-refractivity contribution in [1.82, 2.24) is 20.4 Å². The van der Waals surface area contributed by atoms with Crippen LogP contribution in [0.15, 0.2) is 36.5 Å². The molecule has 1 unspecified atom stereocenters. The first-order valence-corrected chi connectivity index (χ1v) is 9.43. The first-order chi connectivity index (χ1) is 12.6. The first-order valence-electron chi connectivity index (χ1n) is 9.05. The Bertz CT molecular complexity index is 708. The smallest absolute Gasteiger partial charge is 0.175 e. The predicted octanol–water partition coefficient (Wildman–Crippen LogP) is 2.82. The molecule has 3 rings (SSSR count). The molecule has 7 heteroatoms. The van der Waals surface area contributed by atoms with E-state index in [-0.39, 0.29) is 6.17 Å². The molecule has 1 aliphatic heterocycles. The molecule has 0 aliphatic carbocycles. The van der Waals surface area contributed by atoms with Crippen molar-refractivity contribution in [2.75, 3.05) is 36.9 Å². The molecule has 1 fully saturated rings. The highest BCUT2D eigenvalue weighted by Crippen LogP contribution is 2.32. The van der Waals surface area contributed by atoms with Crippen LogP contribution in [0.4, 0.5) is 11.5 Å². The van der Waals surface area contributed by atoms with E-state index in [2.05, 4.69) is 68.7 Å². The highest BCUT2D eigenvalue weighted by molar-refractivity contribution is 6.33. The number of anilines is 2. The van der Waals surface area contributed by atoms with Gasteiger partial charge >= 0.3 is 0 Å². The predicted molar refractivity (Wildman–Crippen MR) is 108 cm³/mol. The highest BCUT2D eigenvalue weighted by Gasteiger charge is 2.25. The van der Waals surface area contributed by atoms with Crippen LogP contribution in [-0.2, 0) is 6.54 Å². The van der Waals surface area contributed by atoms with Gasteiger partial charge in [0.2, 0.25) is 0 Å². The number of nitrogens with one attached hydrogen (secondary N) is 2. The van der Waals surface area contributed by atoms with Crippen LogP contribution in [0.1, 0.15) is 19.4 Å². The van der Waals surface area contributed by atoms with E-state index in [1.807, 2.05) is 13.1 Å². The Balaban J connectivity index is 1.81. The molecule has 26 heavy (non-hydrogen) atoms. The van der Waals surface area contributed by atoms with E-state index in [1.165, 1.54) is 5.56 Å². The summed E-state index contributed by atoms with van der Waals surface area (Å²) in [7, 11) is 2.03. The fraction of sp³-hybridized carbons (Fsp3) is 0.474. The number of benzene rings is 1. The molecule has 0 spiro atoms. The fourth-order valence-corrected chi connectivity index (χ4v) is 3.37. The van der Waals surface area contributed by atoms with Crippen molar-refractivity contribution in [1.29, 1.82) is 0 Å². The van der Waals surface area contributed by atoms with Gasteiger partial charge in [0, 0.05) is 39.3 Å². The van der Waals surface area contributed by atoms with Crippen LogP contribution >= 0.6 is 11.6 Å². The van der Waals surface area contributed by atoms with Crippen molar-refractivity contribution in [2.24, 2.45) is 0 Å². The fourth-order valence-electron chi connectivity index (χ4n) is 3.10. The SMILES string of the molecule is CC(C)N(C)c1c(Cl)cnnc1NC1CNCCN1Cc1ccccc1. The summed E-state index contributed by atoms with van der Waals surface area (Å²) in [6, 6.07) is 10.8. The molecule has 0 amide bonds. The molecule has 1 aromatic carbocycles. The van der Waals surface area contributed by atoms with Gasteiger partial charge in [-0.3, -0.25) is 4.90 Å². The number of halogens is 1. The van der Waals surface area contributed by atoms with Crippen molar-refractivity contribution < 1.29 is 0 Å². The van der Waals surface area contributed by atoms with Gasteiger partial charge < -0.3 is 15.5 Å². The van der Waals surface area contributed by atoms with Crippen molar-refractivity contribution in [3.63, 3.8) is 0 Å². The van der Waals surface area contributed by atoms with Gasteiger partial charge in [-0.05, 0) is 19.4 Å². The van der Waals surface area contributed by atoms with Gasteiger partial charge in [0.25, 0.3) is 0 Å². The second kappa shape index (κ2) is 8.66. The average Bonchev–Trinajstić information content (AvgIpc) is 2.64. The summed E-state index contributed by atoms with van der Waals surface area (Å²) < 4.78 is 0. The Hall–Kier alpha value is -1.89. The monoisotopic (exact) mass is 374 g/mol. The summed E-state index contributed by atoms with van der Waals surface area (Å²) in [5.74, 6) is 0.723. The van der Waals surface area contributed by atoms with Crippen LogP contribution in [-0.4, -0.2) is 54.0 Å². The molecular formula is C19H27ClN6. The topological polar surface area (TPSA) is 56.3 Å². The van der Waals surface area contributed by atoms with Crippen LogP contribution in [0.3, 0.4) is 0 Å². The van der Waals surface area contributed by atoms with Gasteiger partial charge in [0.15, 0.2) is 5.82 Å². The van der Waals surface area contributed by atoms with Crippen molar-refractivity contribution in [3.8, 4) is 0 Å². The number of rotatable bonds is 6. The first kappa shape index (κ1) is 18.9. The number of piperazine rings is 1. The largest absolute Gasteiger partial charge is 0.368 e. The van der Waals surface area contributed by atoms with Gasteiger partial charge in [0.05, 0.1) is 17.4 Å². The van der Waals surface area contributed by atoms with Gasteiger partial charge in [-0.1, -0.05) is 41.9 Å². The lowest BCUT2D eigenvalue weighted by atomic mass is 10.2. The average molecular weight is 375 g/mol. The van der Waals surface area contributed by atoms with E-state index in [4.69, 9.17) is 11.6 Å². The van der Waals surface area contributed by atoms with Gasteiger partial charge in [-0.2, -0.15) is 5.10 Å². The number of aromatic nitrogens is 2. The quantitative estimate of drug-likeness (QED) is 0.810. The van der Waals surface area contributed by atoms with Crippen LogP contribution in [0.5, 0.6) is 0 Å². The standard InChI is InChI=1S/C19H27ClN6/c1-14(2)25(3)18-16(20)11-22-24-19(18)23-17-12-21-9-10-26(17)13-15-7-5-4-6-8-15/h4-8,11,14,17,21H,9-10,12-13H2,1-3H3,(H,23,24). The Morgan fingerprint density at radius 1 is 1.35 bits per heavy atom. The Kier molecular flexibility index (Phi) is 6.29. The van der Waals surface area contributed by atoms with E-state index >= 15 is 0 Å². The van der Waals surface area contributed by atoms with Crippen LogP contribution in [0.25, 0.3) is 0 Å². The van der Waals surface area contributed by atoms with Crippen LogP contribution in [0.2, 0.25) is 5.02 Å². The molecule has 140 valence electrons. The Morgan fingerprint density at radius 3 is 2.85 bits per heavy atom. The zero-order valence-electron chi connectivity index (χ0n) is 15.6. The zero-order chi connectivity index (χ0) is 18.5. The molecule has 2 aromatic rings. The van der Waals surface area contributed by atoms with Crippen molar-refractivity contribution in [2.45, 2.75) is 32.6 Å². The maximum absolute atomic E-state index is 6.44. The second-order valence-electron chi connectivity index (χ2n) is 6.91. The highest BCUT2D eigenvalue weighted by atomic mass is 35.5. The number of hydrogen-bond acceptors (Lipinski definition) is 6. The summed E-state index contributed by atoms with van der Waals surface area (Å²) in [5.41, 5.74) is 2.19. The molecular weight excluding hydrogens is 348 g/mol. The molecule has 1 atom stereocenters. The summed E-state index contributed by atoms with van der Waals surface area (Å²) in [5, 5.41) is 16.0. The van der Waals surface area contributed by atoms with Crippen molar-refractivity contribution in [3.05, 3.63) is 47.1 Å². The van der Waals surface area contributed by atoms with E-state index in [0.29, 0.717) is 11.1 Å². The number of hydrogen-bond donors (Lipinski definition) is 2. The summed E-state index contributed by atoms with van der Waals surface area (Å²) >= 11 is 6.44. The van der Waals surface area contributed by atoms with Gasteiger partial charge in [-0.15, -0.1) is 5.10 Å².